The minimum absolute atomic E-state index is 0.00677. The highest BCUT2D eigenvalue weighted by Gasteiger charge is 2.15. The van der Waals surface area contributed by atoms with Gasteiger partial charge in [0.2, 0.25) is 15.9 Å². The van der Waals surface area contributed by atoms with E-state index in [4.69, 9.17) is 11.6 Å². The second-order valence-corrected chi connectivity index (χ2v) is 8.80. The number of aromatic nitrogens is 1. The number of pyridine rings is 1. The van der Waals surface area contributed by atoms with Crippen molar-refractivity contribution in [2.75, 3.05) is 24.5 Å². The molecular formula is C19H23ClN4O3S. The number of hydrogen-bond donors (Lipinski definition) is 2. The number of anilines is 1. The van der Waals surface area contributed by atoms with Crippen LogP contribution in [0.4, 0.5) is 5.82 Å². The Bertz CT molecular complexity index is 913. The molecule has 0 bridgehead atoms. The number of carbonyl (C=O) groups excluding carboxylic acids is 1. The highest BCUT2D eigenvalue weighted by Crippen LogP contribution is 2.17. The molecule has 0 radical (unpaired) electrons. The van der Waals surface area contributed by atoms with Crippen LogP contribution in [0, 0.1) is 0 Å². The number of amides is 1. The molecule has 1 aromatic carbocycles. The maximum atomic E-state index is 12.2. The summed E-state index contributed by atoms with van der Waals surface area (Å²) in [6.45, 7) is 2.43. The van der Waals surface area contributed by atoms with E-state index in [0.717, 1.165) is 24.5 Å². The zero-order chi connectivity index (χ0) is 20.0. The van der Waals surface area contributed by atoms with E-state index in [-0.39, 0.29) is 23.8 Å². The Kier molecular flexibility index (Phi) is 6.88. The summed E-state index contributed by atoms with van der Waals surface area (Å²) < 4.78 is 26.8. The molecule has 9 heteroatoms. The van der Waals surface area contributed by atoms with Crippen LogP contribution in [0.25, 0.3) is 0 Å². The van der Waals surface area contributed by atoms with Crippen LogP contribution in [0.3, 0.4) is 0 Å². The summed E-state index contributed by atoms with van der Waals surface area (Å²) in [5.74, 6) is 0.723. The second-order valence-electron chi connectivity index (χ2n) is 6.60. The van der Waals surface area contributed by atoms with E-state index in [1.54, 1.807) is 18.3 Å². The van der Waals surface area contributed by atoms with E-state index in [2.05, 4.69) is 19.9 Å². The number of hydrogen-bond acceptors (Lipinski definition) is 5. The largest absolute Gasteiger partial charge is 0.357 e. The number of rotatable bonds is 8. The van der Waals surface area contributed by atoms with Crippen LogP contribution < -0.4 is 14.9 Å². The highest BCUT2D eigenvalue weighted by atomic mass is 35.5. The summed E-state index contributed by atoms with van der Waals surface area (Å²) in [7, 11) is -3.69. The molecule has 0 spiro atoms. The van der Waals surface area contributed by atoms with E-state index in [1.807, 2.05) is 12.1 Å². The van der Waals surface area contributed by atoms with Crippen molar-refractivity contribution in [1.29, 1.82) is 0 Å². The molecule has 0 saturated carbocycles. The quantitative estimate of drug-likeness (QED) is 0.681. The Labute approximate surface area is 170 Å². The lowest BCUT2D eigenvalue weighted by Gasteiger charge is -2.16. The Morgan fingerprint density at radius 2 is 1.96 bits per heavy atom. The van der Waals surface area contributed by atoms with Gasteiger partial charge in [0, 0.05) is 43.8 Å². The third-order valence-electron chi connectivity index (χ3n) is 4.48. The minimum atomic E-state index is -3.69. The van der Waals surface area contributed by atoms with Gasteiger partial charge in [0.1, 0.15) is 5.82 Å². The molecule has 1 aromatic heterocycles. The molecule has 1 aliphatic rings. The van der Waals surface area contributed by atoms with Gasteiger partial charge in [-0.05, 0) is 42.7 Å². The number of nitrogens with one attached hydrogen (secondary N) is 2. The Hall–Kier alpha value is -2.16. The number of halogens is 1. The van der Waals surface area contributed by atoms with Crippen LogP contribution in [-0.2, 0) is 21.4 Å². The fourth-order valence-electron chi connectivity index (χ4n) is 2.96. The number of benzene rings is 1. The first-order valence-corrected chi connectivity index (χ1v) is 11.0. The van der Waals surface area contributed by atoms with Gasteiger partial charge in [-0.15, -0.1) is 0 Å². The Morgan fingerprint density at radius 3 is 2.64 bits per heavy atom. The fourth-order valence-corrected chi connectivity index (χ4v) is 4.29. The first-order chi connectivity index (χ1) is 13.4. The molecule has 2 heterocycles. The number of carbonyl (C=O) groups is 1. The van der Waals surface area contributed by atoms with Gasteiger partial charge in [0.25, 0.3) is 0 Å². The molecule has 2 aromatic rings. The zero-order valence-electron chi connectivity index (χ0n) is 15.4. The molecule has 0 atom stereocenters. The third-order valence-corrected chi connectivity index (χ3v) is 6.17. The summed E-state index contributed by atoms with van der Waals surface area (Å²) in [6, 6.07) is 9.89. The van der Waals surface area contributed by atoms with Crippen molar-refractivity contribution < 1.29 is 13.2 Å². The normalized spacial score (nSPS) is 14.2. The van der Waals surface area contributed by atoms with Gasteiger partial charge in [-0.25, -0.2) is 18.1 Å². The molecular weight excluding hydrogens is 400 g/mol. The number of sulfonamides is 1. The Balaban J connectivity index is 1.42. The van der Waals surface area contributed by atoms with E-state index >= 15 is 0 Å². The summed E-state index contributed by atoms with van der Waals surface area (Å²) in [4.78, 5) is 18.7. The van der Waals surface area contributed by atoms with Crippen molar-refractivity contribution >= 4 is 33.3 Å². The maximum Gasteiger partial charge on any atom is 0.240 e. The molecule has 1 aliphatic heterocycles. The zero-order valence-corrected chi connectivity index (χ0v) is 17.0. The minimum Gasteiger partial charge on any atom is -0.357 e. The van der Waals surface area contributed by atoms with Gasteiger partial charge >= 0.3 is 0 Å². The summed E-state index contributed by atoms with van der Waals surface area (Å²) in [5.41, 5.74) is 0.899. The molecule has 1 fully saturated rings. The average molecular weight is 423 g/mol. The molecule has 150 valence electrons. The fraction of sp³-hybridized carbons (Fsp3) is 0.368. The van der Waals surface area contributed by atoms with Crippen molar-refractivity contribution in [2.24, 2.45) is 0 Å². The van der Waals surface area contributed by atoms with Crippen molar-refractivity contribution in [1.82, 2.24) is 15.0 Å². The molecule has 28 heavy (non-hydrogen) atoms. The molecule has 7 nitrogen and oxygen atoms in total. The van der Waals surface area contributed by atoms with Crippen molar-refractivity contribution in [2.45, 2.75) is 30.7 Å². The molecule has 2 N–H and O–H groups in total. The Morgan fingerprint density at radius 1 is 1.18 bits per heavy atom. The van der Waals surface area contributed by atoms with Crippen LogP contribution >= 0.6 is 11.6 Å². The van der Waals surface area contributed by atoms with Crippen LogP contribution in [0.15, 0.2) is 47.5 Å². The van der Waals surface area contributed by atoms with Crippen LogP contribution in [0.5, 0.6) is 0 Å². The maximum absolute atomic E-state index is 12.2. The first-order valence-electron chi connectivity index (χ1n) is 9.16. The molecule has 1 amide bonds. The monoisotopic (exact) mass is 422 g/mol. The van der Waals surface area contributed by atoms with Crippen LogP contribution in [0.2, 0.25) is 5.02 Å². The van der Waals surface area contributed by atoms with Crippen molar-refractivity contribution in [3.8, 4) is 0 Å². The van der Waals surface area contributed by atoms with Gasteiger partial charge in [0.05, 0.1) is 4.90 Å². The lowest BCUT2D eigenvalue weighted by Crippen LogP contribution is -2.30. The summed E-state index contributed by atoms with van der Waals surface area (Å²) in [5, 5.41) is 3.11. The summed E-state index contributed by atoms with van der Waals surface area (Å²) >= 11 is 5.82. The second kappa shape index (κ2) is 9.36. The first kappa shape index (κ1) is 20.6. The molecule has 0 unspecified atom stereocenters. The van der Waals surface area contributed by atoms with Crippen LogP contribution in [0.1, 0.15) is 24.8 Å². The van der Waals surface area contributed by atoms with Crippen molar-refractivity contribution in [3.05, 3.63) is 53.2 Å². The van der Waals surface area contributed by atoms with Gasteiger partial charge < -0.3 is 10.2 Å². The predicted octanol–water partition coefficient (Wildman–Crippen LogP) is 2.32. The van der Waals surface area contributed by atoms with Gasteiger partial charge in [-0.2, -0.15) is 0 Å². The van der Waals surface area contributed by atoms with Gasteiger partial charge in [0.15, 0.2) is 0 Å². The third kappa shape index (κ3) is 5.67. The molecule has 1 saturated heterocycles. The molecule has 0 aliphatic carbocycles. The van der Waals surface area contributed by atoms with Gasteiger partial charge in [-0.3, -0.25) is 4.79 Å². The highest BCUT2D eigenvalue weighted by molar-refractivity contribution is 7.89. The topological polar surface area (TPSA) is 91.4 Å². The lowest BCUT2D eigenvalue weighted by molar-refractivity contribution is -0.121. The predicted molar refractivity (Wildman–Crippen MR) is 109 cm³/mol. The van der Waals surface area contributed by atoms with Crippen molar-refractivity contribution in [3.63, 3.8) is 0 Å². The average Bonchev–Trinajstić information content (AvgIpc) is 3.21. The van der Waals surface area contributed by atoms with E-state index in [9.17, 15) is 13.2 Å². The SMILES string of the molecule is O=C(CCNS(=O)(=O)c1cccc(Cl)c1)NCc1ccc(N2CCCC2)nc1. The van der Waals surface area contributed by atoms with Gasteiger partial charge in [-0.1, -0.05) is 23.7 Å². The lowest BCUT2D eigenvalue weighted by atomic mass is 10.2. The van der Waals surface area contributed by atoms with Crippen LogP contribution in [-0.4, -0.2) is 38.9 Å². The molecule has 3 rings (SSSR count). The standard InChI is InChI=1S/C19H23ClN4O3S/c20-16-4-3-5-17(12-16)28(26,27)23-9-8-19(25)22-14-15-6-7-18(21-13-15)24-10-1-2-11-24/h3-7,12-13,23H,1-2,8-11,14H2,(H,22,25). The van der Waals surface area contributed by atoms with E-state index < -0.39 is 10.0 Å². The smallest absolute Gasteiger partial charge is 0.240 e. The summed E-state index contributed by atoms with van der Waals surface area (Å²) in [6.07, 6.45) is 4.19. The van der Waals surface area contributed by atoms with E-state index in [0.29, 0.717) is 11.6 Å². The number of nitrogens with zero attached hydrogens (tertiary/aromatic N) is 2. The van der Waals surface area contributed by atoms with E-state index in [1.165, 1.54) is 25.0 Å².